The van der Waals surface area contributed by atoms with Gasteiger partial charge in [0.15, 0.2) is 6.61 Å². The maximum atomic E-state index is 12.0. The van der Waals surface area contributed by atoms with Crippen molar-refractivity contribution in [3.63, 3.8) is 0 Å². The number of carbonyl (C=O) groups excluding carboxylic acids is 2. The van der Waals surface area contributed by atoms with E-state index in [-0.39, 0.29) is 17.2 Å². The number of rotatable bonds is 6. The predicted octanol–water partition coefficient (Wildman–Crippen LogP) is 1.87. The highest BCUT2D eigenvalue weighted by molar-refractivity contribution is 5.95. The number of carbonyl (C=O) groups is 2. The SMILES string of the molecule is Cc1cccc(C(=O)OCC(=O)N[C@@](C)(C#N)C2CC2)c1[N+](=O)[O-]. The number of benzene rings is 1. The van der Waals surface area contributed by atoms with Gasteiger partial charge in [-0.2, -0.15) is 5.26 Å². The lowest BCUT2D eigenvalue weighted by Crippen LogP contribution is -2.48. The monoisotopic (exact) mass is 331 g/mol. The molecule has 0 unspecified atom stereocenters. The van der Waals surface area contributed by atoms with E-state index in [1.807, 2.05) is 0 Å². The van der Waals surface area contributed by atoms with Crippen molar-refractivity contribution in [1.29, 1.82) is 5.26 Å². The summed E-state index contributed by atoms with van der Waals surface area (Å²) in [6, 6.07) is 6.34. The largest absolute Gasteiger partial charge is 0.452 e. The fourth-order valence-electron chi connectivity index (χ4n) is 2.48. The van der Waals surface area contributed by atoms with Crippen molar-refractivity contribution in [3.8, 4) is 6.07 Å². The summed E-state index contributed by atoms with van der Waals surface area (Å²) in [4.78, 5) is 34.3. The summed E-state index contributed by atoms with van der Waals surface area (Å²) in [5.74, 6) is -1.47. The lowest BCUT2D eigenvalue weighted by atomic mass is 9.98. The second kappa shape index (κ2) is 6.66. The maximum Gasteiger partial charge on any atom is 0.345 e. The molecule has 1 N–H and O–H groups in total. The first-order chi connectivity index (χ1) is 11.3. The average molecular weight is 331 g/mol. The lowest BCUT2D eigenvalue weighted by Gasteiger charge is -2.22. The normalized spacial score (nSPS) is 15.7. The van der Waals surface area contributed by atoms with E-state index >= 15 is 0 Å². The minimum atomic E-state index is -0.987. The van der Waals surface area contributed by atoms with Gasteiger partial charge in [-0.15, -0.1) is 0 Å². The number of para-hydroxylation sites is 1. The molecule has 126 valence electrons. The molecule has 0 heterocycles. The summed E-state index contributed by atoms with van der Waals surface area (Å²) < 4.78 is 4.86. The van der Waals surface area contributed by atoms with E-state index < -0.39 is 28.9 Å². The molecule has 24 heavy (non-hydrogen) atoms. The molecule has 1 saturated carbocycles. The molecule has 1 aliphatic carbocycles. The molecule has 1 aromatic carbocycles. The summed E-state index contributed by atoms with van der Waals surface area (Å²) in [6.45, 7) is 2.53. The number of nitro benzene ring substituents is 1. The summed E-state index contributed by atoms with van der Waals surface area (Å²) in [5, 5.41) is 22.8. The standard InChI is InChI=1S/C16H17N3O5/c1-10-4-3-5-12(14(10)19(22)23)15(21)24-8-13(20)18-16(2,9-17)11-6-7-11/h3-5,11H,6-8H2,1-2H3,(H,18,20)/t16-/m0/s1. The Hall–Kier alpha value is -2.95. The van der Waals surface area contributed by atoms with Crippen LogP contribution in [0.1, 0.15) is 35.7 Å². The molecule has 0 bridgehead atoms. The third kappa shape index (κ3) is 3.68. The molecule has 0 saturated heterocycles. The van der Waals surface area contributed by atoms with Gasteiger partial charge in [0.1, 0.15) is 11.1 Å². The van der Waals surface area contributed by atoms with Crippen LogP contribution in [0, 0.1) is 34.3 Å². The van der Waals surface area contributed by atoms with Gasteiger partial charge in [0.25, 0.3) is 11.6 Å². The minimum Gasteiger partial charge on any atom is -0.452 e. The predicted molar refractivity (Wildman–Crippen MR) is 83.0 cm³/mol. The van der Waals surface area contributed by atoms with E-state index in [0.717, 1.165) is 12.8 Å². The number of nitrogens with one attached hydrogen (secondary N) is 1. The Bertz CT molecular complexity index is 736. The molecule has 1 aliphatic rings. The number of esters is 1. The summed E-state index contributed by atoms with van der Waals surface area (Å²) in [5.41, 5.74) is -1.22. The van der Waals surface area contributed by atoms with E-state index in [1.54, 1.807) is 6.92 Å². The van der Waals surface area contributed by atoms with Gasteiger partial charge in [-0.25, -0.2) is 4.79 Å². The highest BCUT2D eigenvalue weighted by Gasteiger charge is 2.43. The molecule has 0 spiro atoms. The number of nitriles is 1. The molecule has 1 fully saturated rings. The molecule has 0 aromatic heterocycles. The number of ether oxygens (including phenoxy) is 1. The highest BCUT2D eigenvalue weighted by Crippen LogP contribution is 2.39. The van der Waals surface area contributed by atoms with E-state index in [0.29, 0.717) is 5.56 Å². The average Bonchev–Trinajstić information content (AvgIpc) is 3.37. The Balaban J connectivity index is 2.01. The van der Waals surface area contributed by atoms with Crippen molar-refractivity contribution in [2.24, 2.45) is 5.92 Å². The van der Waals surface area contributed by atoms with Crippen molar-refractivity contribution in [2.75, 3.05) is 6.61 Å². The van der Waals surface area contributed by atoms with Crippen LogP contribution < -0.4 is 5.32 Å². The number of amides is 1. The second-order valence-electron chi connectivity index (χ2n) is 5.94. The van der Waals surface area contributed by atoms with Crippen molar-refractivity contribution in [1.82, 2.24) is 5.32 Å². The van der Waals surface area contributed by atoms with Gasteiger partial charge in [0.05, 0.1) is 11.0 Å². The van der Waals surface area contributed by atoms with Crippen LogP contribution in [-0.2, 0) is 9.53 Å². The molecule has 1 amide bonds. The molecule has 0 radical (unpaired) electrons. The quantitative estimate of drug-likeness (QED) is 0.482. The molecule has 8 heteroatoms. The van der Waals surface area contributed by atoms with Gasteiger partial charge < -0.3 is 10.1 Å². The van der Waals surface area contributed by atoms with E-state index in [1.165, 1.54) is 25.1 Å². The van der Waals surface area contributed by atoms with Gasteiger partial charge in [-0.1, -0.05) is 12.1 Å². The Kier molecular flexibility index (Phi) is 4.83. The van der Waals surface area contributed by atoms with E-state index in [2.05, 4.69) is 11.4 Å². The van der Waals surface area contributed by atoms with E-state index in [9.17, 15) is 25.0 Å². The molecule has 2 rings (SSSR count). The topological polar surface area (TPSA) is 122 Å². The Labute approximate surface area is 138 Å². The number of hydrogen-bond acceptors (Lipinski definition) is 6. The zero-order valence-corrected chi connectivity index (χ0v) is 13.4. The Morgan fingerprint density at radius 2 is 2.17 bits per heavy atom. The zero-order valence-electron chi connectivity index (χ0n) is 13.4. The third-order valence-electron chi connectivity index (χ3n) is 4.00. The Morgan fingerprint density at radius 3 is 2.71 bits per heavy atom. The van der Waals surface area contributed by atoms with Crippen LogP contribution in [-0.4, -0.2) is 28.9 Å². The third-order valence-corrected chi connectivity index (χ3v) is 4.00. The van der Waals surface area contributed by atoms with Crippen molar-refractivity contribution < 1.29 is 19.2 Å². The molecule has 0 aliphatic heterocycles. The molecular formula is C16H17N3O5. The van der Waals surface area contributed by atoms with Crippen LogP contribution in [0.3, 0.4) is 0 Å². The van der Waals surface area contributed by atoms with E-state index in [4.69, 9.17) is 4.74 Å². The van der Waals surface area contributed by atoms with Crippen LogP contribution >= 0.6 is 0 Å². The minimum absolute atomic E-state index is 0.0972. The fraction of sp³-hybridized carbons (Fsp3) is 0.438. The maximum absolute atomic E-state index is 12.0. The molecular weight excluding hydrogens is 314 g/mol. The van der Waals surface area contributed by atoms with Gasteiger partial charge in [-0.05, 0) is 38.7 Å². The number of nitrogens with zero attached hydrogens (tertiary/aromatic N) is 2. The van der Waals surface area contributed by atoms with Crippen molar-refractivity contribution in [3.05, 3.63) is 39.4 Å². The van der Waals surface area contributed by atoms with Crippen molar-refractivity contribution in [2.45, 2.75) is 32.2 Å². The fourth-order valence-corrected chi connectivity index (χ4v) is 2.48. The van der Waals surface area contributed by atoms with Gasteiger partial charge in [-0.3, -0.25) is 14.9 Å². The zero-order chi connectivity index (χ0) is 17.9. The second-order valence-corrected chi connectivity index (χ2v) is 5.94. The van der Waals surface area contributed by atoms with Crippen LogP contribution in [0.15, 0.2) is 18.2 Å². The first kappa shape index (κ1) is 17.4. The summed E-state index contributed by atoms with van der Waals surface area (Å²) in [6.07, 6.45) is 1.72. The van der Waals surface area contributed by atoms with Crippen LogP contribution in [0.4, 0.5) is 5.69 Å². The summed E-state index contributed by atoms with van der Waals surface area (Å²) in [7, 11) is 0. The van der Waals surface area contributed by atoms with Crippen LogP contribution in [0.2, 0.25) is 0 Å². The first-order valence-electron chi connectivity index (χ1n) is 7.42. The number of aryl methyl sites for hydroxylation is 1. The number of nitro groups is 1. The first-order valence-corrected chi connectivity index (χ1v) is 7.42. The van der Waals surface area contributed by atoms with Crippen molar-refractivity contribution >= 4 is 17.6 Å². The Morgan fingerprint density at radius 1 is 1.50 bits per heavy atom. The van der Waals surface area contributed by atoms with Gasteiger partial charge in [0, 0.05) is 5.56 Å². The van der Waals surface area contributed by atoms with Gasteiger partial charge >= 0.3 is 5.97 Å². The van der Waals surface area contributed by atoms with Crippen LogP contribution in [0.5, 0.6) is 0 Å². The van der Waals surface area contributed by atoms with Crippen LogP contribution in [0.25, 0.3) is 0 Å². The number of hydrogen-bond donors (Lipinski definition) is 1. The molecule has 1 atom stereocenters. The van der Waals surface area contributed by atoms with Gasteiger partial charge in [0.2, 0.25) is 0 Å². The highest BCUT2D eigenvalue weighted by atomic mass is 16.6. The lowest BCUT2D eigenvalue weighted by molar-refractivity contribution is -0.385. The smallest absolute Gasteiger partial charge is 0.345 e. The molecule has 1 aromatic rings. The summed E-state index contributed by atoms with van der Waals surface area (Å²) >= 11 is 0. The molecule has 8 nitrogen and oxygen atoms in total.